The maximum absolute atomic E-state index is 13.1. The predicted octanol–water partition coefficient (Wildman–Crippen LogP) is 2.86. The number of aromatic nitrogens is 2. The van der Waals surface area contributed by atoms with E-state index in [1.165, 1.54) is 12.1 Å². The van der Waals surface area contributed by atoms with Crippen molar-refractivity contribution in [1.82, 2.24) is 20.4 Å². The van der Waals surface area contributed by atoms with Crippen LogP contribution in [0.25, 0.3) is 5.69 Å². The number of carbonyl (C=O) groups excluding carboxylic acids is 2. The zero-order valence-corrected chi connectivity index (χ0v) is 16.4. The molecule has 0 spiro atoms. The highest BCUT2D eigenvalue weighted by atomic mass is 19.1. The van der Waals surface area contributed by atoms with E-state index in [4.69, 9.17) is 0 Å². The molecular formula is C22H23FN4O2. The van der Waals surface area contributed by atoms with Crippen molar-refractivity contribution >= 4 is 11.8 Å². The topological polar surface area (TPSA) is 76.0 Å². The quantitative estimate of drug-likeness (QED) is 0.647. The number of nitrogens with zero attached hydrogens (tertiary/aromatic N) is 2. The van der Waals surface area contributed by atoms with Crippen molar-refractivity contribution < 1.29 is 14.0 Å². The van der Waals surface area contributed by atoms with Gasteiger partial charge < -0.3 is 10.6 Å². The SMILES string of the molecule is Cc1c(C(C)NC(=O)CNC(=O)Cc2ccccc2)cnn1-c1ccc(F)cc1. The second-order valence-electron chi connectivity index (χ2n) is 6.80. The molecule has 1 atom stereocenters. The molecule has 29 heavy (non-hydrogen) atoms. The van der Waals surface area contributed by atoms with Crippen LogP contribution in [-0.2, 0) is 16.0 Å². The normalized spacial score (nSPS) is 11.7. The van der Waals surface area contributed by atoms with E-state index in [0.717, 1.165) is 22.5 Å². The largest absolute Gasteiger partial charge is 0.348 e. The molecule has 0 saturated carbocycles. The van der Waals surface area contributed by atoms with Gasteiger partial charge in [-0.05, 0) is 43.7 Å². The smallest absolute Gasteiger partial charge is 0.239 e. The van der Waals surface area contributed by atoms with Gasteiger partial charge in [0, 0.05) is 11.3 Å². The fourth-order valence-electron chi connectivity index (χ4n) is 3.08. The summed E-state index contributed by atoms with van der Waals surface area (Å²) < 4.78 is 14.8. The Morgan fingerprint density at radius 3 is 2.45 bits per heavy atom. The fraction of sp³-hybridized carbons (Fsp3) is 0.227. The minimum atomic E-state index is -0.311. The van der Waals surface area contributed by atoms with Crippen LogP contribution in [0.15, 0.2) is 60.8 Å². The molecule has 0 bridgehead atoms. The molecule has 3 aromatic rings. The number of hydrogen-bond acceptors (Lipinski definition) is 3. The zero-order chi connectivity index (χ0) is 20.8. The summed E-state index contributed by atoms with van der Waals surface area (Å²) in [6.07, 6.45) is 1.91. The molecule has 1 aromatic heterocycles. The summed E-state index contributed by atoms with van der Waals surface area (Å²) in [5.74, 6) is -0.805. The molecule has 0 aliphatic rings. The molecule has 2 aromatic carbocycles. The molecule has 1 heterocycles. The maximum atomic E-state index is 13.1. The van der Waals surface area contributed by atoms with E-state index in [0.29, 0.717) is 0 Å². The Kier molecular flexibility index (Phi) is 6.39. The minimum absolute atomic E-state index is 0.0961. The van der Waals surface area contributed by atoms with Crippen molar-refractivity contribution in [2.24, 2.45) is 0 Å². The standard InChI is InChI=1S/C22H23FN4O2/c1-15(20-13-25-27(16(20)2)19-10-8-18(23)9-11-19)26-22(29)14-24-21(28)12-17-6-4-3-5-7-17/h3-11,13,15H,12,14H2,1-2H3,(H,24,28)(H,26,29). The van der Waals surface area contributed by atoms with Crippen molar-refractivity contribution in [2.45, 2.75) is 26.3 Å². The minimum Gasteiger partial charge on any atom is -0.348 e. The van der Waals surface area contributed by atoms with Crippen LogP contribution < -0.4 is 10.6 Å². The Hall–Kier alpha value is -3.48. The van der Waals surface area contributed by atoms with Gasteiger partial charge in [0.05, 0.1) is 30.9 Å². The highest BCUT2D eigenvalue weighted by Crippen LogP contribution is 2.20. The highest BCUT2D eigenvalue weighted by molar-refractivity contribution is 5.85. The van der Waals surface area contributed by atoms with Crippen LogP contribution in [0.4, 0.5) is 4.39 Å². The van der Waals surface area contributed by atoms with Gasteiger partial charge in [-0.25, -0.2) is 9.07 Å². The number of amides is 2. The molecule has 0 saturated heterocycles. The van der Waals surface area contributed by atoms with Crippen LogP contribution in [0, 0.1) is 12.7 Å². The van der Waals surface area contributed by atoms with Gasteiger partial charge in [0.25, 0.3) is 0 Å². The summed E-state index contributed by atoms with van der Waals surface area (Å²) in [7, 11) is 0. The first-order valence-corrected chi connectivity index (χ1v) is 9.34. The van der Waals surface area contributed by atoms with Gasteiger partial charge in [0.2, 0.25) is 11.8 Å². The van der Waals surface area contributed by atoms with E-state index in [2.05, 4.69) is 15.7 Å². The van der Waals surface area contributed by atoms with Crippen molar-refractivity contribution in [3.05, 3.63) is 83.4 Å². The molecule has 150 valence electrons. The first kappa shape index (κ1) is 20.3. The number of halogens is 1. The average molecular weight is 394 g/mol. The second-order valence-corrected chi connectivity index (χ2v) is 6.80. The summed E-state index contributed by atoms with van der Waals surface area (Å²) in [5.41, 5.74) is 3.32. The molecule has 0 aliphatic carbocycles. The highest BCUT2D eigenvalue weighted by Gasteiger charge is 2.17. The number of nitrogens with one attached hydrogen (secondary N) is 2. The Bertz CT molecular complexity index is 984. The lowest BCUT2D eigenvalue weighted by Crippen LogP contribution is -2.38. The van der Waals surface area contributed by atoms with Crippen molar-refractivity contribution in [3.8, 4) is 5.69 Å². The summed E-state index contributed by atoms with van der Waals surface area (Å²) in [4.78, 5) is 24.2. The number of hydrogen-bond donors (Lipinski definition) is 2. The van der Waals surface area contributed by atoms with Crippen LogP contribution in [0.2, 0.25) is 0 Å². The Labute approximate surface area is 168 Å². The fourth-order valence-corrected chi connectivity index (χ4v) is 3.08. The van der Waals surface area contributed by atoms with Crippen LogP contribution >= 0.6 is 0 Å². The van der Waals surface area contributed by atoms with E-state index in [9.17, 15) is 14.0 Å². The molecule has 0 radical (unpaired) electrons. The summed E-state index contributed by atoms with van der Waals surface area (Å²) in [5, 5.41) is 9.83. The lowest BCUT2D eigenvalue weighted by atomic mass is 10.1. The summed E-state index contributed by atoms with van der Waals surface area (Å²) >= 11 is 0. The van der Waals surface area contributed by atoms with Crippen molar-refractivity contribution in [2.75, 3.05) is 6.54 Å². The van der Waals surface area contributed by atoms with Gasteiger partial charge in [-0.15, -0.1) is 0 Å². The third-order valence-electron chi connectivity index (χ3n) is 4.62. The van der Waals surface area contributed by atoms with Gasteiger partial charge in [0.1, 0.15) is 5.82 Å². The lowest BCUT2D eigenvalue weighted by molar-refractivity contribution is -0.126. The molecule has 2 amide bonds. The second kappa shape index (κ2) is 9.14. The van der Waals surface area contributed by atoms with Crippen LogP contribution in [-0.4, -0.2) is 28.1 Å². The van der Waals surface area contributed by atoms with Crippen LogP contribution in [0.1, 0.15) is 29.8 Å². The van der Waals surface area contributed by atoms with E-state index in [1.54, 1.807) is 23.0 Å². The first-order valence-electron chi connectivity index (χ1n) is 9.34. The predicted molar refractivity (Wildman–Crippen MR) is 108 cm³/mol. The molecular weight excluding hydrogens is 371 g/mol. The molecule has 3 rings (SSSR count). The van der Waals surface area contributed by atoms with Crippen LogP contribution in [0.5, 0.6) is 0 Å². The maximum Gasteiger partial charge on any atom is 0.239 e. The molecule has 6 nitrogen and oxygen atoms in total. The lowest BCUT2D eigenvalue weighted by Gasteiger charge is -2.14. The third kappa shape index (κ3) is 5.28. The van der Waals surface area contributed by atoms with Gasteiger partial charge >= 0.3 is 0 Å². The van der Waals surface area contributed by atoms with E-state index in [-0.39, 0.29) is 36.6 Å². The monoisotopic (exact) mass is 394 g/mol. The Balaban J connectivity index is 1.54. The molecule has 0 aliphatic heterocycles. The van der Waals surface area contributed by atoms with Gasteiger partial charge in [0.15, 0.2) is 0 Å². The Morgan fingerprint density at radius 1 is 1.07 bits per heavy atom. The number of rotatable bonds is 7. The van der Waals surface area contributed by atoms with E-state index < -0.39 is 0 Å². The van der Waals surface area contributed by atoms with E-state index in [1.807, 2.05) is 44.2 Å². The van der Waals surface area contributed by atoms with E-state index >= 15 is 0 Å². The van der Waals surface area contributed by atoms with Gasteiger partial charge in [-0.2, -0.15) is 5.10 Å². The average Bonchev–Trinajstić information content (AvgIpc) is 3.09. The number of benzene rings is 2. The van der Waals surface area contributed by atoms with Crippen molar-refractivity contribution in [1.29, 1.82) is 0 Å². The Morgan fingerprint density at radius 2 is 1.76 bits per heavy atom. The molecule has 0 fully saturated rings. The third-order valence-corrected chi connectivity index (χ3v) is 4.62. The first-order chi connectivity index (χ1) is 13.9. The summed E-state index contributed by atoms with van der Waals surface area (Å²) in [6, 6.07) is 15.1. The summed E-state index contributed by atoms with van der Waals surface area (Å²) in [6.45, 7) is 3.64. The molecule has 1 unspecified atom stereocenters. The van der Waals surface area contributed by atoms with Gasteiger partial charge in [-0.3, -0.25) is 9.59 Å². The van der Waals surface area contributed by atoms with Crippen LogP contribution in [0.3, 0.4) is 0 Å². The molecule has 2 N–H and O–H groups in total. The van der Waals surface area contributed by atoms with Crippen molar-refractivity contribution in [3.63, 3.8) is 0 Å². The van der Waals surface area contributed by atoms with Gasteiger partial charge in [-0.1, -0.05) is 30.3 Å². The zero-order valence-electron chi connectivity index (χ0n) is 16.4. The molecule has 7 heteroatoms. The number of carbonyl (C=O) groups is 2.